The molecule has 32 heavy (non-hydrogen) atoms. The van der Waals surface area contributed by atoms with Crippen molar-refractivity contribution in [3.8, 4) is 11.6 Å². The number of allylic oxidation sites excluding steroid dienone is 5. The number of furan rings is 1. The Hall–Kier alpha value is -3.45. The van der Waals surface area contributed by atoms with Crippen molar-refractivity contribution in [1.82, 2.24) is 24.6 Å². The monoisotopic (exact) mass is 430 g/mol. The van der Waals surface area contributed by atoms with Crippen molar-refractivity contribution in [1.29, 1.82) is 0 Å². The average Bonchev–Trinajstić information content (AvgIpc) is 3.42. The van der Waals surface area contributed by atoms with E-state index in [-0.39, 0.29) is 0 Å². The van der Waals surface area contributed by atoms with Gasteiger partial charge in [-0.15, -0.1) is 5.10 Å². The van der Waals surface area contributed by atoms with Crippen molar-refractivity contribution in [2.75, 3.05) is 38.1 Å². The van der Waals surface area contributed by atoms with Gasteiger partial charge in [-0.1, -0.05) is 30.9 Å². The lowest BCUT2D eigenvalue weighted by molar-refractivity contribution is 0.312. The zero-order chi connectivity index (χ0) is 22.5. The summed E-state index contributed by atoms with van der Waals surface area (Å²) in [6.45, 7) is 12.5. The molecule has 1 aliphatic heterocycles. The molecule has 1 aliphatic rings. The number of aryl methyl sites for hydroxylation is 1. The van der Waals surface area contributed by atoms with Crippen LogP contribution in [0.4, 0.5) is 5.82 Å². The van der Waals surface area contributed by atoms with Gasteiger partial charge in [0, 0.05) is 37.9 Å². The molecule has 3 aromatic heterocycles. The summed E-state index contributed by atoms with van der Waals surface area (Å²) in [7, 11) is 2.16. The highest BCUT2D eigenvalue weighted by molar-refractivity contribution is 5.73. The first-order valence-electron chi connectivity index (χ1n) is 10.9. The highest BCUT2D eigenvalue weighted by Gasteiger charge is 2.17. The van der Waals surface area contributed by atoms with Crippen molar-refractivity contribution < 1.29 is 4.42 Å². The van der Waals surface area contributed by atoms with Gasteiger partial charge >= 0.3 is 0 Å². The van der Waals surface area contributed by atoms with E-state index in [9.17, 15) is 0 Å². The van der Waals surface area contributed by atoms with Gasteiger partial charge in [0.25, 0.3) is 0 Å². The summed E-state index contributed by atoms with van der Waals surface area (Å²) in [4.78, 5) is 13.9. The van der Waals surface area contributed by atoms with Gasteiger partial charge in [-0.05, 0) is 50.7 Å². The number of piperazine rings is 1. The molecule has 0 aliphatic carbocycles. The molecule has 0 radical (unpaired) electrons. The Kier molecular flexibility index (Phi) is 6.66. The fourth-order valence-corrected chi connectivity index (χ4v) is 3.75. The molecule has 0 bridgehead atoms. The molecule has 3 aromatic rings. The third-order valence-corrected chi connectivity index (χ3v) is 5.58. The van der Waals surface area contributed by atoms with E-state index in [0.717, 1.165) is 54.7 Å². The van der Waals surface area contributed by atoms with Gasteiger partial charge < -0.3 is 14.2 Å². The van der Waals surface area contributed by atoms with E-state index in [1.807, 2.05) is 61.2 Å². The van der Waals surface area contributed by atoms with Crippen LogP contribution in [0.1, 0.15) is 24.1 Å². The first-order chi connectivity index (χ1) is 15.6. The first kappa shape index (κ1) is 21.8. The Morgan fingerprint density at radius 1 is 1.19 bits per heavy atom. The topological polar surface area (TPSA) is 63.2 Å². The van der Waals surface area contributed by atoms with Crippen LogP contribution >= 0.6 is 0 Å². The molecule has 0 spiro atoms. The van der Waals surface area contributed by atoms with E-state index in [1.165, 1.54) is 0 Å². The van der Waals surface area contributed by atoms with Gasteiger partial charge in [0.15, 0.2) is 5.76 Å². The number of aromatic nitrogens is 4. The second kappa shape index (κ2) is 9.78. The summed E-state index contributed by atoms with van der Waals surface area (Å²) in [6.07, 6.45) is 9.51. The smallest absolute Gasteiger partial charge is 0.217 e. The maximum absolute atomic E-state index is 6.04. The molecule has 0 amide bonds. The van der Waals surface area contributed by atoms with Gasteiger partial charge in [-0.3, -0.25) is 0 Å². The molecule has 0 N–H and O–H groups in total. The van der Waals surface area contributed by atoms with E-state index in [0.29, 0.717) is 18.1 Å². The second-order valence-corrected chi connectivity index (χ2v) is 7.97. The van der Waals surface area contributed by atoms with Crippen LogP contribution in [-0.4, -0.2) is 57.9 Å². The normalized spacial score (nSPS) is 15.6. The predicted octanol–water partition coefficient (Wildman–Crippen LogP) is 4.19. The SMILES string of the molecule is C=C/C=C(\C=C/C)c1ccc(-c2nc(C)n(Cc3ccnc(N4CCN(C)CC4)c3)n2)o1. The second-order valence-electron chi connectivity index (χ2n) is 7.97. The highest BCUT2D eigenvalue weighted by atomic mass is 16.3. The lowest BCUT2D eigenvalue weighted by Crippen LogP contribution is -2.44. The summed E-state index contributed by atoms with van der Waals surface area (Å²) in [6, 6.07) is 8.04. The van der Waals surface area contributed by atoms with Gasteiger partial charge in [-0.25, -0.2) is 14.6 Å². The maximum atomic E-state index is 6.04. The molecule has 4 rings (SSSR count). The van der Waals surface area contributed by atoms with Crippen molar-refractivity contribution in [2.45, 2.75) is 20.4 Å². The van der Waals surface area contributed by atoms with Crippen LogP contribution in [-0.2, 0) is 6.54 Å². The Labute approximate surface area is 189 Å². The minimum atomic E-state index is 0.584. The number of rotatable bonds is 7. The van der Waals surface area contributed by atoms with E-state index in [2.05, 4.69) is 39.5 Å². The molecule has 7 nitrogen and oxygen atoms in total. The largest absolute Gasteiger partial charge is 0.453 e. The van der Waals surface area contributed by atoms with Crippen LogP contribution in [0, 0.1) is 6.92 Å². The van der Waals surface area contributed by atoms with Crippen LogP contribution in [0.2, 0.25) is 0 Å². The summed E-state index contributed by atoms with van der Waals surface area (Å²) in [5, 5.41) is 4.71. The van der Waals surface area contributed by atoms with Gasteiger partial charge in [-0.2, -0.15) is 0 Å². The molecule has 0 unspecified atom stereocenters. The van der Waals surface area contributed by atoms with Gasteiger partial charge in [0.2, 0.25) is 5.82 Å². The fourth-order valence-electron chi connectivity index (χ4n) is 3.75. The molecular formula is C25H30N6O. The summed E-state index contributed by atoms with van der Waals surface area (Å²) >= 11 is 0. The van der Waals surface area contributed by atoms with Crippen LogP contribution in [0.5, 0.6) is 0 Å². The van der Waals surface area contributed by atoms with E-state index in [1.54, 1.807) is 6.08 Å². The fraction of sp³-hybridized carbons (Fsp3) is 0.320. The van der Waals surface area contributed by atoms with E-state index >= 15 is 0 Å². The van der Waals surface area contributed by atoms with Crippen molar-refractivity contribution >= 4 is 11.4 Å². The summed E-state index contributed by atoms with van der Waals surface area (Å²) in [5.74, 6) is 3.86. The van der Waals surface area contributed by atoms with Crippen molar-refractivity contribution in [3.05, 3.63) is 78.5 Å². The standard InChI is InChI=1S/C25H30N6O/c1-5-7-21(8-6-2)22-9-10-23(32-22)25-27-19(3)31(28-25)18-20-11-12-26-24(17-20)30-15-13-29(4)14-16-30/h5-12,17H,1,13-16,18H2,2-4H3/b8-6-,21-7+. The Morgan fingerprint density at radius 2 is 2.00 bits per heavy atom. The van der Waals surface area contributed by atoms with Gasteiger partial charge in [0.1, 0.15) is 17.4 Å². The van der Waals surface area contributed by atoms with E-state index < -0.39 is 0 Å². The number of nitrogens with zero attached hydrogens (tertiary/aromatic N) is 6. The van der Waals surface area contributed by atoms with Crippen LogP contribution in [0.3, 0.4) is 0 Å². The lowest BCUT2D eigenvalue weighted by Gasteiger charge is -2.33. The van der Waals surface area contributed by atoms with E-state index in [4.69, 9.17) is 9.52 Å². The zero-order valence-corrected chi connectivity index (χ0v) is 19.0. The minimum absolute atomic E-state index is 0.584. The third kappa shape index (κ3) is 4.89. The molecule has 1 saturated heterocycles. The maximum Gasteiger partial charge on any atom is 0.217 e. The Bertz CT molecular complexity index is 1130. The Morgan fingerprint density at radius 3 is 2.75 bits per heavy atom. The van der Waals surface area contributed by atoms with Crippen molar-refractivity contribution in [2.24, 2.45) is 0 Å². The zero-order valence-electron chi connectivity index (χ0n) is 19.0. The highest BCUT2D eigenvalue weighted by Crippen LogP contribution is 2.25. The molecule has 0 aromatic carbocycles. The quantitative estimate of drug-likeness (QED) is 0.524. The molecule has 1 fully saturated rings. The molecule has 0 atom stereocenters. The lowest BCUT2D eigenvalue weighted by atomic mass is 10.2. The molecular weight excluding hydrogens is 400 g/mol. The predicted molar refractivity (Wildman–Crippen MR) is 128 cm³/mol. The third-order valence-electron chi connectivity index (χ3n) is 5.58. The van der Waals surface area contributed by atoms with Crippen LogP contribution < -0.4 is 4.90 Å². The molecule has 7 heteroatoms. The van der Waals surface area contributed by atoms with Gasteiger partial charge in [0.05, 0.1) is 6.54 Å². The summed E-state index contributed by atoms with van der Waals surface area (Å²) in [5.41, 5.74) is 2.11. The number of pyridine rings is 1. The number of hydrogen-bond acceptors (Lipinski definition) is 6. The number of hydrogen-bond donors (Lipinski definition) is 0. The Balaban J connectivity index is 1.52. The van der Waals surface area contributed by atoms with Crippen LogP contribution in [0.15, 0.2) is 65.8 Å². The van der Waals surface area contributed by atoms with Crippen LogP contribution in [0.25, 0.3) is 17.2 Å². The molecule has 4 heterocycles. The number of anilines is 1. The molecule has 166 valence electrons. The molecule has 0 saturated carbocycles. The summed E-state index contributed by atoms with van der Waals surface area (Å²) < 4.78 is 7.95. The first-order valence-corrected chi connectivity index (χ1v) is 10.9. The average molecular weight is 431 g/mol. The minimum Gasteiger partial charge on any atom is -0.453 e. The van der Waals surface area contributed by atoms with Crippen molar-refractivity contribution in [3.63, 3.8) is 0 Å². The number of likely N-dealkylation sites (N-methyl/N-ethyl adjacent to an activating group) is 1.